The molecule has 3 rings (SSSR count). The van der Waals surface area contributed by atoms with Crippen LogP contribution in [0.3, 0.4) is 0 Å². The molecule has 0 bridgehead atoms. The van der Waals surface area contributed by atoms with Crippen LogP contribution in [-0.4, -0.2) is 33.6 Å². The summed E-state index contributed by atoms with van der Waals surface area (Å²) >= 11 is 0. The summed E-state index contributed by atoms with van der Waals surface area (Å²) in [5.41, 5.74) is 13.3. The molecule has 0 spiro atoms. The van der Waals surface area contributed by atoms with E-state index in [2.05, 4.69) is 50.0 Å². The predicted octanol–water partition coefficient (Wildman–Crippen LogP) is 5.29. The number of pyridine rings is 1. The van der Waals surface area contributed by atoms with Crippen LogP contribution in [0.2, 0.25) is 0 Å². The molecule has 1 aromatic heterocycles. The third-order valence-electron chi connectivity index (χ3n) is 6.09. The Morgan fingerprint density at radius 1 is 1.12 bits per heavy atom. The van der Waals surface area contributed by atoms with Crippen molar-refractivity contribution < 1.29 is 14.6 Å². The minimum atomic E-state index is -1.66. The van der Waals surface area contributed by atoms with Gasteiger partial charge >= 0.3 is 5.97 Å². The van der Waals surface area contributed by atoms with Gasteiger partial charge in [0, 0.05) is 23.5 Å². The number of nitrogens with zero attached hydrogens (tertiary/aromatic N) is 2. The van der Waals surface area contributed by atoms with Gasteiger partial charge in [0.15, 0.2) is 0 Å². The minimum absolute atomic E-state index is 0.176. The van der Waals surface area contributed by atoms with Crippen molar-refractivity contribution in [3.8, 4) is 11.1 Å². The fourth-order valence-electron chi connectivity index (χ4n) is 4.09. The summed E-state index contributed by atoms with van der Waals surface area (Å²) in [5.74, 6) is -0.330. The lowest BCUT2D eigenvalue weighted by molar-refractivity contribution is -0.132. The Labute approximate surface area is 198 Å². The van der Waals surface area contributed by atoms with Crippen molar-refractivity contribution in [3.63, 3.8) is 0 Å². The Hall–Kier alpha value is -2.64. The maximum Gasteiger partial charge on any atom is 0.346 e. The lowest BCUT2D eigenvalue weighted by Crippen LogP contribution is -2.14. The fourth-order valence-corrected chi connectivity index (χ4v) is 5.67. The van der Waals surface area contributed by atoms with Crippen molar-refractivity contribution in [2.24, 2.45) is 16.6 Å². The van der Waals surface area contributed by atoms with Crippen LogP contribution in [0.15, 0.2) is 40.0 Å². The molecule has 178 valence electrons. The smallest absolute Gasteiger partial charge is 0.346 e. The number of rotatable bonds is 8. The van der Waals surface area contributed by atoms with Crippen LogP contribution in [-0.2, 0) is 29.1 Å². The Bertz CT molecular complexity index is 1130. The van der Waals surface area contributed by atoms with E-state index in [1.807, 2.05) is 26.4 Å². The van der Waals surface area contributed by atoms with E-state index in [-0.39, 0.29) is 17.4 Å². The number of hydrogen-bond acceptors (Lipinski definition) is 5. The highest BCUT2D eigenvalue weighted by Crippen LogP contribution is 2.56. The van der Waals surface area contributed by atoms with Gasteiger partial charge in [0.1, 0.15) is 11.5 Å². The van der Waals surface area contributed by atoms with Crippen LogP contribution in [0.5, 0.6) is 0 Å². The normalized spacial score (nSPS) is 16.2. The maximum absolute atomic E-state index is 12.0. The van der Waals surface area contributed by atoms with Crippen LogP contribution in [0, 0.1) is 19.8 Å². The zero-order chi connectivity index (χ0) is 24.5. The van der Waals surface area contributed by atoms with E-state index in [4.69, 9.17) is 15.5 Å². The quantitative estimate of drug-likeness (QED) is 0.547. The number of nitrogens with two attached hydrogens (primary N) is 1. The highest BCUT2D eigenvalue weighted by Gasteiger charge is 2.37. The molecule has 2 aromatic rings. The summed E-state index contributed by atoms with van der Waals surface area (Å²) in [5, 5.41) is 10.6. The number of aliphatic imine (C=N–C) groups is 1. The van der Waals surface area contributed by atoms with Gasteiger partial charge < -0.3 is 15.6 Å². The second-order valence-electron chi connectivity index (χ2n) is 9.33. The molecule has 33 heavy (non-hydrogen) atoms. The monoisotopic (exact) mass is 469 g/mol. The third kappa shape index (κ3) is 4.99. The number of aliphatic carboxylic acids is 1. The van der Waals surface area contributed by atoms with E-state index >= 15 is 0 Å². The largest absolute Gasteiger partial charge is 0.477 e. The van der Waals surface area contributed by atoms with Gasteiger partial charge in [0.25, 0.3) is 0 Å². The minimum Gasteiger partial charge on any atom is -0.477 e. The summed E-state index contributed by atoms with van der Waals surface area (Å²) < 4.78 is 6.11. The Balaban J connectivity index is 2.14. The first-order valence-electron chi connectivity index (χ1n) is 11.1. The Morgan fingerprint density at radius 3 is 2.30 bits per heavy atom. The first-order chi connectivity index (χ1) is 15.5. The molecule has 0 saturated heterocycles. The number of carbonyl (C=O) groups is 1. The van der Waals surface area contributed by atoms with Crippen molar-refractivity contribution in [2.45, 2.75) is 54.2 Å². The van der Waals surface area contributed by atoms with Crippen LogP contribution in [0.1, 0.15) is 48.8 Å². The maximum atomic E-state index is 12.0. The Morgan fingerprint density at radius 2 is 1.76 bits per heavy atom. The molecule has 0 radical (unpaired) electrons. The zero-order valence-corrected chi connectivity index (χ0v) is 21.5. The molecule has 0 saturated carbocycles. The SMILES string of the molecule is CC1=NC(OCc2c(C)nc(CC(C)C)c(CN)c2-c2ccc(C)cc2)=C(C(=O)O)S1(C)C. The van der Waals surface area contributed by atoms with Crippen molar-refractivity contribution in [2.75, 3.05) is 12.5 Å². The molecule has 1 aliphatic rings. The van der Waals surface area contributed by atoms with E-state index in [9.17, 15) is 9.90 Å². The van der Waals surface area contributed by atoms with Gasteiger partial charge in [0.2, 0.25) is 5.88 Å². The number of hydrogen-bond donors (Lipinski definition) is 2. The van der Waals surface area contributed by atoms with Crippen LogP contribution in [0.4, 0.5) is 0 Å². The van der Waals surface area contributed by atoms with Gasteiger partial charge in [-0.3, -0.25) is 4.98 Å². The van der Waals surface area contributed by atoms with Crippen molar-refractivity contribution in [3.05, 3.63) is 63.1 Å². The standard InChI is InChI=1S/C26H35N3O3S/c1-15(2)12-22-20(13-27)23(19-10-8-16(3)9-11-19)21(17(4)28-22)14-32-25-24(26(30)31)33(6,7)18(5)29-25/h8-11,15H,12-14,27H2,1-7H3,(H,30,31). The average Bonchev–Trinajstić information content (AvgIpc) is 2.95. The summed E-state index contributed by atoms with van der Waals surface area (Å²) in [7, 11) is -1.66. The van der Waals surface area contributed by atoms with E-state index < -0.39 is 16.0 Å². The van der Waals surface area contributed by atoms with Crippen molar-refractivity contribution in [1.29, 1.82) is 0 Å². The fraction of sp³-hybridized carbons (Fsp3) is 0.423. The van der Waals surface area contributed by atoms with Crippen LogP contribution in [0.25, 0.3) is 11.1 Å². The second-order valence-corrected chi connectivity index (χ2v) is 13.0. The third-order valence-corrected chi connectivity index (χ3v) is 9.03. The van der Waals surface area contributed by atoms with Gasteiger partial charge in [-0.1, -0.05) is 43.7 Å². The Kier molecular flexibility index (Phi) is 7.34. The van der Waals surface area contributed by atoms with Gasteiger partial charge in [0.05, 0.1) is 5.04 Å². The molecule has 7 heteroatoms. The summed E-state index contributed by atoms with van der Waals surface area (Å²) in [6.07, 6.45) is 4.70. The predicted molar refractivity (Wildman–Crippen MR) is 138 cm³/mol. The molecule has 6 nitrogen and oxygen atoms in total. The van der Waals surface area contributed by atoms with E-state index in [0.29, 0.717) is 12.5 Å². The highest BCUT2D eigenvalue weighted by molar-refractivity contribution is 8.48. The van der Waals surface area contributed by atoms with Gasteiger partial charge in [-0.2, -0.15) is 10.0 Å². The van der Waals surface area contributed by atoms with Crippen molar-refractivity contribution in [1.82, 2.24) is 4.98 Å². The molecular formula is C26H35N3O3S. The topological polar surface area (TPSA) is 97.8 Å². The molecule has 1 aromatic carbocycles. The molecule has 1 aliphatic heterocycles. The molecular weight excluding hydrogens is 434 g/mol. The number of carboxylic acid groups (broad SMARTS) is 1. The first-order valence-corrected chi connectivity index (χ1v) is 13.6. The number of ether oxygens (including phenoxy) is 1. The number of aromatic nitrogens is 1. The molecule has 0 aliphatic carbocycles. The molecule has 0 atom stereocenters. The van der Waals surface area contributed by atoms with Crippen LogP contribution < -0.4 is 5.73 Å². The summed E-state index contributed by atoms with van der Waals surface area (Å²) in [4.78, 5) is 21.7. The number of benzene rings is 1. The number of carboxylic acids is 1. The molecule has 3 N–H and O–H groups in total. The zero-order valence-electron chi connectivity index (χ0n) is 20.7. The lowest BCUT2D eigenvalue weighted by Gasteiger charge is -2.26. The van der Waals surface area contributed by atoms with E-state index in [1.54, 1.807) is 0 Å². The molecule has 0 fully saturated rings. The summed E-state index contributed by atoms with van der Waals surface area (Å²) in [6, 6.07) is 8.36. The average molecular weight is 470 g/mol. The van der Waals surface area contributed by atoms with E-state index in [0.717, 1.165) is 45.1 Å². The second kappa shape index (κ2) is 9.69. The van der Waals surface area contributed by atoms with E-state index in [1.165, 1.54) is 5.56 Å². The number of aryl methyl sites for hydroxylation is 2. The van der Waals surface area contributed by atoms with Gasteiger partial charge in [-0.15, -0.1) is 0 Å². The van der Waals surface area contributed by atoms with Gasteiger partial charge in [-0.05, 0) is 62.3 Å². The molecule has 0 amide bonds. The molecule has 2 heterocycles. The highest BCUT2D eigenvalue weighted by atomic mass is 32.3. The van der Waals surface area contributed by atoms with Crippen molar-refractivity contribution >= 4 is 21.0 Å². The summed E-state index contributed by atoms with van der Waals surface area (Å²) in [6.45, 7) is 10.8. The first kappa shape index (κ1) is 25.0. The van der Waals surface area contributed by atoms with Gasteiger partial charge in [-0.25, -0.2) is 9.79 Å². The lowest BCUT2D eigenvalue weighted by atomic mass is 9.90. The molecule has 0 unspecified atom stereocenters. The van der Waals surface area contributed by atoms with Crippen LogP contribution >= 0.6 is 10.0 Å².